The van der Waals surface area contributed by atoms with Gasteiger partial charge in [-0.3, -0.25) is 0 Å². The molecule has 2 fully saturated rings. The minimum Gasteiger partial charge on any atom is -1.00 e. The summed E-state index contributed by atoms with van der Waals surface area (Å²) in [7, 11) is 0. The third-order valence-corrected chi connectivity index (χ3v) is 11.5. The quantitative estimate of drug-likeness (QED) is 0.577. The number of hydrogen-bond donors (Lipinski definition) is 0. The van der Waals surface area contributed by atoms with Gasteiger partial charge in [-0.25, -0.2) is 0 Å². The largest absolute Gasteiger partial charge is 1.00 e. The van der Waals surface area contributed by atoms with Crippen molar-refractivity contribution in [3.05, 3.63) is 47.6 Å². The minimum atomic E-state index is -0.352. The van der Waals surface area contributed by atoms with Crippen LogP contribution in [-0.2, 0) is 23.2 Å². The van der Waals surface area contributed by atoms with Crippen LogP contribution in [-0.4, -0.2) is 0 Å². The molecular formula is C22H30Cl2Zr. The van der Waals surface area contributed by atoms with E-state index in [2.05, 4.69) is 36.5 Å². The minimum absolute atomic E-state index is 0. The van der Waals surface area contributed by atoms with Gasteiger partial charge in [-0.05, 0) is 0 Å². The van der Waals surface area contributed by atoms with Crippen LogP contribution in [0.25, 0.3) is 0 Å². The van der Waals surface area contributed by atoms with E-state index in [9.17, 15) is 0 Å². The molecule has 4 unspecified atom stereocenters. The topological polar surface area (TPSA) is 0 Å². The van der Waals surface area contributed by atoms with Crippen molar-refractivity contribution in [1.82, 2.24) is 0 Å². The molecule has 0 N–H and O–H groups in total. The van der Waals surface area contributed by atoms with Crippen molar-refractivity contribution in [1.29, 1.82) is 0 Å². The fourth-order valence-corrected chi connectivity index (χ4v) is 10.6. The zero-order valence-electron chi connectivity index (χ0n) is 15.1. The number of hydrogen-bond acceptors (Lipinski definition) is 0. The molecule has 0 spiro atoms. The number of allylic oxidation sites excluding steroid dienone is 8. The third kappa shape index (κ3) is 5.24. The summed E-state index contributed by atoms with van der Waals surface area (Å²) in [5.41, 5.74) is 3.77. The van der Waals surface area contributed by atoms with Crippen LogP contribution in [0.4, 0.5) is 0 Å². The molecule has 4 rings (SSSR count). The molecule has 0 bridgehead atoms. The molecule has 3 heteroatoms. The first-order valence-corrected chi connectivity index (χ1v) is 12.7. The summed E-state index contributed by atoms with van der Waals surface area (Å²) in [6, 6.07) is 0. The second-order valence-corrected chi connectivity index (χ2v) is 12.1. The van der Waals surface area contributed by atoms with Crippen molar-refractivity contribution in [3.63, 3.8) is 0 Å². The molecule has 0 nitrogen and oxygen atoms in total. The summed E-state index contributed by atoms with van der Waals surface area (Å²) < 4.78 is 2.09. The van der Waals surface area contributed by atoms with E-state index in [1.165, 1.54) is 64.2 Å². The van der Waals surface area contributed by atoms with Crippen molar-refractivity contribution in [3.8, 4) is 0 Å². The predicted molar refractivity (Wildman–Crippen MR) is 95.1 cm³/mol. The van der Waals surface area contributed by atoms with Crippen LogP contribution in [0.5, 0.6) is 0 Å². The normalized spacial score (nSPS) is 33.8. The summed E-state index contributed by atoms with van der Waals surface area (Å²) in [5.74, 6) is 1.91. The molecule has 0 amide bonds. The summed E-state index contributed by atoms with van der Waals surface area (Å²) in [6.45, 7) is 0. The predicted octanol–water partition coefficient (Wildman–Crippen LogP) is 0.807. The van der Waals surface area contributed by atoms with Gasteiger partial charge in [-0.2, -0.15) is 0 Å². The molecule has 4 atom stereocenters. The molecule has 0 aromatic heterocycles. The summed E-state index contributed by atoms with van der Waals surface area (Å²) in [5, 5.41) is 0. The molecule has 136 valence electrons. The van der Waals surface area contributed by atoms with E-state index in [1.54, 1.807) is 0 Å². The summed E-state index contributed by atoms with van der Waals surface area (Å²) in [6.07, 6.45) is 29.1. The standard InChI is InChI=1S/2C11H15.2ClH.Zr/c2*1-2-4-7-11-9-5-8-10(11)6-3-1;;;/h2*1,3,6,8,11H,2,4-5,7,9H2;2*1H;/q;;;;+2/p-2. The molecule has 0 saturated heterocycles. The van der Waals surface area contributed by atoms with Gasteiger partial charge in [0.2, 0.25) is 0 Å². The van der Waals surface area contributed by atoms with Gasteiger partial charge in [-0.1, -0.05) is 0 Å². The fraction of sp³-hybridized carbons (Fsp3) is 0.636. The van der Waals surface area contributed by atoms with E-state index in [1.807, 2.05) is 11.1 Å². The Bertz CT molecular complexity index is 498. The molecular weight excluding hydrogens is 426 g/mol. The Hall–Kier alpha value is 0.423. The first kappa shape index (κ1) is 21.7. The number of rotatable bonds is 2. The van der Waals surface area contributed by atoms with E-state index in [0.29, 0.717) is 0 Å². The van der Waals surface area contributed by atoms with E-state index < -0.39 is 0 Å². The molecule has 0 heterocycles. The van der Waals surface area contributed by atoms with Gasteiger partial charge in [0.15, 0.2) is 0 Å². The van der Waals surface area contributed by atoms with Crippen molar-refractivity contribution in [2.24, 2.45) is 11.8 Å². The monoisotopic (exact) mass is 454 g/mol. The van der Waals surface area contributed by atoms with Crippen molar-refractivity contribution >= 4 is 0 Å². The van der Waals surface area contributed by atoms with Crippen LogP contribution in [0.2, 0.25) is 7.25 Å². The maximum Gasteiger partial charge on any atom is -1.00 e. The third-order valence-electron chi connectivity index (χ3n) is 6.45. The van der Waals surface area contributed by atoms with E-state index in [4.69, 9.17) is 0 Å². The molecule has 2 saturated carbocycles. The smallest absolute Gasteiger partial charge is 1.00 e. The molecule has 4 aliphatic carbocycles. The van der Waals surface area contributed by atoms with Crippen molar-refractivity contribution < 1.29 is 48.0 Å². The van der Waals surface area contributed by atoms with Gasteiger partial charge < -0.3 is 24.8 Å². The number of halogens is 2. The van der Waals surface area contributed by atoms with Gasteiger partial charge in [0.25, 0.3) is 0 Å². The van der Waals surface area contributed by atoms with E-state index in [-0.39, 0.29) is 48.0 Å². The van der Waals surface area contributed by atoms with Crippen molar-refractivity contribution in [2.45, 2.75) is 71.5 Å². The Morgan fingerprint density at radius 2 is 1.12 bits per heavy atom. The average molecular weight is 457 g/mol. The van der Waals surface area contributed by atoms with Gasteiger partial charge in [0.1, 0.15) is 0 Å². The molecule has 25 heavy (non-hydrogen) atoms. The van der Waals surface area contributed by atoms with Crippen LogP contribution >= 0.6 is 0 Å². The maximum atomic E-state index is 2.54. The Kier molecular flexibility index (Phi) is 9.28. The van der Waals surface area contributed by atoms with Gasteiger partial charge >= 0.3 is 154 Å². The average Bonchev–Trinajstić information content (AvgIpc) is 3.03. The van der Waals surface area contributed by atoms with Crippen LogP contribution < -0.4 is 24.8 Å². The Morgan fingerprint density at radius 3 is 1.60 bits per heavy atom. The Morgan fingerprint density at radius 1 is 0.640 bits per heavy atom. The zero-order chi connectivity index (χ0) is 15.5. The van der Waals surface area contributed by atoms with Crippen LogP contribution in [0.3, 0.4) is 0 Å². The molecule has 0 aliphatic heterocycles. The van der Waals surface area contributed by atoms with Crippen molar-refractivity contribution in [2.75, 3.05) is 0 Å². The Balaban J connectivity index is 0.00000113. The zero-order valence-corrected chi connectivity index (χ0v) is 19.1. The van der Waals surface area contributed by atoms with Gasteiger partial charge in [0, 0.05) is 0 Å². The number of fused-ring (bicyclic) bond motifs is 2. The molecule has 0 radical (unpaired) electrons. The summed E-state index contributed by atoms with van der Waals surface area (Å²) in [4.78, 5) is 0. The Labute approximate surface area is 178 Å². The second-order valence-electron chi connectivity index (χ2n) is 7.87. The molecule has 4 aliphatic rings. The summed E-state index contributed by atoms with van der Waals surface area (Å²) >= 11 is -0.352. The first-order valence-electron chi connectivity index (χ1n) is 9.91. The first-order chi connectivity index (χ1) is 11.4. The van der Waals surface area contributed by atoms with Crippen LogP contribution in [0.1, 0.15) is 64.2 Å². The molecule has 0 aromatic carbocycles. The SMILES string of the molecule is C1=CCCCC2CC[CH]([Zr+2][CH]3CCC4CCCC=CC=C43)C2=C1.[Cl-].[Cl-]. The van der Waals surface area contributed by atoms with E-state index >= 15 is 0 Å². The van der Waals surface area contributed by atoms with Crippen LogP contribution in [0.15, 0.2) is 47.6 Å². The van der Waals surface area contributed by atoms with Gasteiger partial charge in [0.05, 0.1) is 0 Å². The second kappa shape index (κ2) is 10.7. The maximum absolute atomic E-state index is 2.54. The fourth-order valence-electron chi connectivity index (χ4n) is 5.21. The van der Waals surface area contributed by atoms with Crippen LogP contribution in [0, 0.1) is 11.8 Å². The van der Waals surface area contributed by atoms with Gasteiger partial charge in [-0.15, -0.1) is 0 Å². The molecule has 0 aromatic rings. The van der Waals surface area contributed by atoms with E-state index in [0.717, 1.165) is 19.1 Å².